The zero-order valence-electron chi connectivity index (χ0n) is 15.8. The molecule has 0 spiro atoms. The Balaban J connectivity index is 2.74. The molecule has 0 aliphatic heterocycles. The molecule has 3 heteroatoms. The number of benzene rings is 2. The van der Waals surface area contributed by atoms with Crippen molar-refractivity contribution in [3.63, 3.8) is 0 Å². The van der Waals surface area contributed by atoms with Gasteiger partial charge in [-0.15, -0.1) is 0 Å². The van der Waals surface area contributed by atoms with E-state index in [-0.39, 0.29) is 5.60 Å². The second-order valence-electron chi connectivity index (χ2n) is 7.48. The van der Waals surface area contributed by atoms with E-state index >= 15 is 0 Å². The summed E-state index contributed by atoms with van der Waals surface area (Å²) in [5.41, 5.74) is 1.99. The highest BCUT2D eigenvalue weighted by Crippen LogP contribution is 2.21. The van der Waals surface area contributed by atoms with E-state index < -0.39 is 8.48 Å². The molecule has 128 valence electrons. The molecule has 0 saturated carbocycles. The van der Waals surface area contributed by atoms with Gasteiger partial charge in [0, 0.05) is 5.60 Å². The van der Waals surface area contributed by atoms with Gasteiger partial charge in [-0.25, -0.2) is 0 Å². The van der Waals surface area contributed by atoms with Gasteiger partial charge in [-0.3, -0.25) is 0 Å². The number of hydrogen-bond donors (Lipinski definition) is 0. The first kappa shape index (κ1) is 18.7. The molecular formula is C21H29NOSi. The standard InChI is InChI=1S/C21H29NOSi/c1-17(2)18-12-11-15-20(16-18)24(22(6)7,23-21(3,4)5)19-13-9-8-10-14-19/h8-16H,1H2,2-7H3. The van der Waals surface area contributed by atoms with Crippen molar-refractivity contribution in [2.24, 2.45) is 0 Å². The Kier molecular flexibility index (Phi) is 5.48. The summed E-state index contributed by atoms with van der Waals surface area (Å²) in [6, 6.07) is 19.3. The van der Waals surface area contributed by atoms with Crippen molar-refractivity contribution in [2.75, 3.05) is 14.1 Å². The lowest BCUT2D eigenvalue weighted by molar-refractivity contribution is 0.110. The molecule has 0 aliphatic rings. The van der Waals surface area contributed by atoms with Crippen molar-refractivity contribution in [3.8, 4) is 0 Å². The quantitative estimate of drug-likeness (QED) is 0.771. The second kappa shape index (κ2) is 7.05. The van der Waals surface area contributed by atoms with Crippen molar-refractivity contribution in [3.05, 3.63) is 66.7 Å². The lowest BCUT2D eigenvalue weighted by Gasteiger charge is -2.42. The number of nitrogens with zero attached hydrogens (tertiary/aromatic N) is 1. The maximum Gasteiger partial charge on any atom is 0.338 e. The fourth-order valence-electron chi connectivity index (χ4n) is 2.99. The average Bonchev–Trinajstić information content (AvgIpc) is 2.52. The zero-order chi connectivity index (χ0) is 18.0. The molecule has 2 nitrogen and oxygen atoms in total. The van der Waals surface area contributed by atoms with E-state index in [1.54, 1.807) is 0 Å². The molecule has 0 bridgehead atoms. The smallest absolute Gasteiger partial charge is 0.338 e. The van der Waals surface area contributed by atoms with Gasteiger partial charge in [-0.05, 0) is 57.7 Å². The van der Waals surface area contributed by atoms with Gasteiger partial charge in [0.2, 0.25) is 0 Å². The minimum absolute atomic E-state index is 0.244. The fourth-order valence-corrected chi connectivity index (χ4v) is 6.98. The van der Waals surface area contributed by atoms with Crippen LogP contribution >= 0.6 is 0 Å². The summed E-state index contributed by atoms with van der Waals surface area (Å²) in [4.78, 5) is 0. The van der Waals surface area contributed by atoms with Crippen LogP contribution in [-0.2, 0) is 4.43 Å². The van der Waals surface area contributed by atoms with E-state index in [1.165, 1.54) is 15.9 Å². The molecule has 0 fully saturated rings. The topological polar surface area (TPSA) is 12.5 Å². The van der Waals surface area contributed by atoms with E-state index in [0.29, 0.717) is 0 Å². The Bertz CT molecular complexity index is 703. The van der Waals surface area contributed by atoms with Crippen molar-refractivity contribution in [2.45, 2.75) is 33.3 Å². The van der Waals surface area contributed by atoms with Crippen molar-refractivity contribution >= 4 is 24.4 Å². The summed E-state index contributed by atoms with van der Waals surface area (Å²) in [5.74, 6) is 0. The first-order valence-electron chi connectivity index (χ1n) is 8.36. The Morgan fingerprint density at radius 1 is 0.958 bits per heavy atom. The Morgan fingerprint density at radius 2 is 1.54 bits per heavy atom. The summed E-state index contributed by atoms with van der Waals surface area (Å²) >= 11 is 0. The predicted octanol–water partition coefficient (Wildman–Crippen LogP) is 3.65. The molecule has 2 rings (SSSR count). The maximum absolute atomic E-state index is 6.83. The van der Waals surface area contributed by atoms with Crippen molar-refractivity contribution < 1.29 is 4.43 Å². The Morgan fingerprint density at radius 3 is 2.04 bits per heavy atom. The van der Waals surface area contributed by atoms with Crippen LogP contribution in [0.1, 0.15) is 33.3 Å². The van der Waals surface area contributed by atoms with Gasteiger partial charge in [0.25, 0.3) is 0 Å². The molecule has 24 heavy (non-hydrogen) atoms. The van der Waals surface area contributed by atoms with Crippen molar-refractivity contribution in [1.29, 1.82) is 0 Å². The first-order valence-corrected chi connectivity index (χ1v) is 10.2. The summed E-state index contributed by atoms with van der Waals surface area (Å²) in [5, 5.41) is 2.50. The van der Waals surface area contributed by atoms with E-state index in [0.717, 1.165) is 5.57 Å². The second-order valence-corrected chi connectivity index (χ2v) is 11.0. The summed E-state index contributed by atoms with van der Waals surface area (Å²) in [6.07, 6.45) is 0. The lowest BCUT2D eigenvalue weighted by atomic mass is 10.1. The molecular weight excluding hydrogens is 310 g/mol. The molecule has 0 heterocycles. The van der Waals surface area contributed by atoms with Crippen LogP contribution in [0.25, 0.3) is 5.57 Å². The van der Waals surface area contributed by atoms with Crippen LogP contribution in [0.3, 0.4) is 0 Å². The van der Waals surface area contributed by atoms with Crippen LogP contribution in [0.4, 0.5) is 0 Å². The largest absolute Gasteiger partial charge is 0.391 e. The molecule has 0 amide bonds. The summed E-state index contributed by atoms with van der Waals surface area (Å²) in [7, 11) is 1.70. The summed E-state index contributed by atoms with van der Waals surface area (Å²) < 4.78 is 9.11. The lowest BCUT2D eigenvalue weighted by Crippen LogP contribution is -2.72. The van der Waals surface area contributed by atoms with Crippen LogP contribution < -0.4 is 10.4 Å². The van der Waals surface area contributed by atoms with E-state index in [4.69, 9.17) is 4.43 Å². The number of hydrogen-bond acceptors (Lipinski definition) is 2. The van der Waals surface area contributed by atoms with Gasteiger partial charge in [-0.1, -0.05) is 66.7 Å². The monoisotopic (exact) mass is 339 g/mol. The SMILES string of the molecule is C=C(C)c1cccc([Si](OC(C)(C)C)(c2ccccc2)N(C)C)c1. The normalized spacial score (nSPS) is 14.5. The molecule has 0 aromatic heterocycles. The first-order chi connectivity index (χ1) is 11.2. The third kappa shape index (κ3) is 3.86. The van der Waals surface area contributed by atoms with Gasteiger partial charge >= 0.3 is 8.48 Å². The van der Waals surface area contributed by atoms with Gasteiger partial charge in [0.1, 0.15) is 0 Å². The third-order valence-electron chi connectivity index (χ3n) is 4.00. The van der Waals surface area contributed by atoms with E-state index in [9.17, 15) is 0 Å². The minimum Gasteiger partial charge on any atom is -0.391 e. The van der Waals surface area contributed by atoms with Crippen LogP contribution in [0, 0.1) is 0 Å². The fraction of sp³-hybridized carbons (Fsp3) is 0.333. The molecule has 0 radical (unpaired) electrons. The maximum atomic E-state index is 6.83. The Labute approximate surface area is 148 Å². The highest BCUT2D eigenvalue weighted by molar-refractivity contribution is 6.95. The summed E-state index contributed by atoms with van der Waals surface area (Å²) in [6.45, 7) is 12.5. The molecule has 2 aromatic carbocycles. The zero-order valence-corrected chi connectivity index (χ0v) is 16.8. The third-order valence-corrected chi connectivity index (χ3v) is 8.37. The van der Waals surface area contributed by atoms with Crippen molar-refractivity contribution in [1.82, 2.24) is 4.57 Å². The molecule has 0 saturated heterocycles. The molecule has 0 N–H and O–H groups in total. The van der Waals surface area contributed by atoms with Crippen LogP contribution in [-0.4, -0.2) is 32.7 Å². The highest BCUT2D eigenvalue weighted by atomic mass is 28.4. The molecule has 2 aromatic rings. The molecule has 1 unspecified atom stereocenters. The molecule has 1 atom stereocenters. The minimum atomic E-state index is -2.55. The highest BCUT2D eigenvalue weighted by Gasteiger charge is 2.46. The van der Waals surface area contributed by atoms with Crippen LogP contribution in [0.5, 0.6) is 0 Å². The van der Waals surface area contributed by atoms with Gasteiger partial charge < -0.3 is 8.99 Å². The molecule has 0 aliphatic carbocycles. The average molecular weight is 340 g/mol. The number of allylic oxidation sites excluding steroid dienone is 1. The number of rotatable bonds is 5. The van der Waals surface area contributed by atoms with E-state index in [1.807, 2.05) is 6.92 Å². The van der Waals surface area contributed by atoms with Gasteiger partial charge in [-0.2, -0.15) is 0 Å². The predicted molar refractivity (Wildman–Crippen MR) is 107 cm³/mol. The van der Waals surface area contributed by atoms with E-state index in [2.05, 4.69) is 101 Å². The van der Waals surface area contributed by atoms with Crippen LogP contribution in [0.15, 0.2) is 61.2 Å². The van der Waals surface area contributed by atoms with Crippen LogP contribution in [0.2, 0.25) is 0 Å². The van der Waals surface area contributed by atoms with Gasteiger partial charge in [0.15, 0.2) is 0 Å². The van der Waals surface area contributed by atoms with Gasteiger partial charge in [0.05, 0.1) is 0 Å². The Hall–Kier alpha value is -1.68.